The number of aliphatic hydroxyl groups excluding tert-OH is 15. The molecular formula is C32H55NO25. The molecule has 58 heavy (non-hydrogen) atoms. The van der Waals surface area contributed by atoms with Crippen molar-refractivity contribution >= 4 is 5.91 Å². The van der Waals surface area contributed by atoms with E-state index >= 15 is 0 Å². The van der Waals surface area contributed by atoms with E-state index in [0.717, 1.165) is 6.92 Å². The second kappa shape index (κ2) is 20.1. The maximum Gasteiger partial charge on any atom is 0.217 e. The molecule has 5 aliphatic rings. The highest BCUT2D eigenvalue weighted by Gasteiger charge is 2.57. The largest absolute Gasteiger partial charge is 0.394 e. The van der Waals surface area contributed by atoms with Gasteiger partial charge in [-0.15, -0.1) is 0 Å². The zero-order valence-corrected chi connectivity index (χ0v) is 31.1. The first-order chi connectivity index (χ1) is 27.4. The van der Waals surface area contributed by atoms with Crippen LogP contribution in [0.15, 0.2) is 0 Å². The van der Waals surface area contributed by atoms with Gasteiger partial charge in [0.25, 0.3) is 0 Å². The molecule has 338 valence electrons. The van der Waals surface area contributed by atoms with Gasteiger partial charge in [-0.25, -0.2) is 0 Å². The van der Waals surface area contributed by atoms with Crippen LogP contribution in [0.25, 0.3) is 0 Å². The SMILES string of the molecule is CC(=O)NC1C(OC2C(O)C(CO)OC(OC3C(CO)OC(O)C(O)C3O)C2O)OC(CO)C(O)C1OC1OC(CO)C(O)C(O)C1OC1OC(C)C(O)C(O)C1O. The summed E-state index contributed by atoms with van der Waals surface area (Å²) in [5.74, 6) is -0.823. The van der Waals surface area contributed by atoms with E-state index in [1.165, 1.54) is 6.92 Å². The van der Waals surface area contributed by atoms with Crippen LogP contribution in [0.1, 0.15) is 13.8 Å². The van der Waals surface area contributed by atoms with Crippen LogP contribution in [-0.2, 0) is 47.4 Å². The molecule has 1 amide bonds. The van der Waals surface area contributed by atoms with Crippen LogP contribution in [-0.4, -0.2) is 262 Å². The molecule has 0 radical (unpaired) electrons. The fraction of sp³-hybridized carbons (Fsp3) is 0.969. The summed E-state index contributed by atoms with van der Waals surface area (Å²) in [5, 5.41) is 160. The first-order valence-electron chi connectivity index (χ1n) is 18.5. The highest BCUT2D eigenvalue weighted by Crippen LogP contribution is 2.36. The highest BCUT2D eigenvalue weighted by atomic mass is 16.8. The van der Waals surface area contributed by atoms with Crippen LogP contribution in [0.4, 0.5) is 0 Å². The summed E-state index contributed by atoms with van der Waals surface area (Å²) in [6.07, 6.45) is -43.4. The number of aliphatic hydroxyl groups is 15. The minimum absolute atomic E-state index is 0.823. The van der Waals surface area contributed by atoms with E-state index in [0.29, 0.717) is 0 Å². The van der Waals surface area contributed by atoms with E-state index in [2.05, 4.69) is 5.32 Å². The van der Waals surface area contributed by atoms with E-state index in [9.17, 15) is 81.4 Å². The number of hydrogen-bond acceptors (Lipinski definition) is 25. The number of ether oxygens (including phenoxy) is 9. The third kappa shape index (κ3) is 9.75. The molecule has 0 saturated carbocycles. The van der Waals surface area contributed by atoms with E-state index in [1.54, 1.807) is 0 Å². The van der Waals surface area contributed by atoms with E-state index in [-0.39, 0.29) is 0 Å². The Bertz CT molecular complexity index is 1310. The molecule has 5 heterocycles. The molecule has 16 N–H and O–H groups in total. The molecule has 0 spiro atoms. The molecular weight excluding hydrogens is 798 g/mol. The van der Waals surface area contributed by atoms with Gasteiger partial charge in [-0.05, 0) is 6.92 Å². The molecule has 0 aromatic heterocycles. The molecule has 0 aliphatic carbocycles. The zero-order valence-electron chi connectivity index (χ0n) is 31.1. The van der Waals surface area contributed by atoms with Gasteiger partial charge in [-0.3, -0.25) is 4.79 Å². The van der Waals surface area contributed by atoms with Gasteiger partial charge < -0.3 is 125 Å². The van der Waals surface area contributed by atoms with Crippen molar-refractivity contribution in [1.82, 2.24) is 5.32 Å². The highest BCUT2D eigenvalue weighted by molar-refractivity contribution is 5.73. The standard InChI is InChI=1S/C32H55NO25/c1-7-14(39)18(43)22(47)30(50-7)58-27-19(44)15(40)9(3-34)54-32(27)56-25-13(33-8(2)38)29(52-10(4-35)16(25)41)57-26-17(42)11(5-36)53-31(23(26)48)55-24-12(6-37)51-28(49)21(46)20(24)45/h7,9-32,34-37,39-49H,3-6H2,1-2H3,(H,33,38). The molecule has 0 aromatic carbocycles. The molecule has 5 fully saturated rings. The first-order valence-corrected chi connectivity index (χ1v) is 18.5. The van der Waals surface area contributed by atoms with Crippen molar-refractivity contribution in [2.45, 2.75) is 167 Å². The quantitative estimate of drug-likeness (QED) is 0.0818. The number of amides is 1. The fourth-order valence-corrected chi connectivity index (χ4v) is 7.35. The molecule has 5 rings (SSSR count). The first kappa shape index (κ1) is 47.6. The van der Waals surface area contributed by atoms with Gasteiger partial charge >= 0.3 is 0 Å². The van der Waals surface area contributed by atoms with Gasteiger partial charge in [-0.1, -0.05) is 0 Å². The Balaban J connectivity index is 1.44. The number of carbonyl (C=O) groups is 1. The van der Waals surface area contributed by atoms with Gasteiger partial charge in [0.15, 0.2) is 31.5 Å². The van der Waals surface area contributed by atoms with Crippen LogP contribution in [0.5, 0.6) is 0 Å². The predicted molar refractivity (Wildman–Crippen MR) is 177 cm³/mol. The van der Waals surface area contributed by atoms with E-state index in [1.807, 2.05) is 0 Å². The molecule has 5 aliphatic heterocycles. The lowest BCUT2D eigenvalue weighted by Gasteiger charge is -2.50. The second-order valence-corrected chi connectivity index (χ2v) is 14.7. The Hall–Kier alpha value is -1.49. The van der Waals surface area contributed by atoms with E-state index in [4.69, 9.17) is 42.6 Å². The molecule has 0 aromatic rings. The Morgan fingerprint density at radius 3 is 1.50 bits per heavy atom. The normalized spacial score (nSPS) is 51.6. The molecule has 25 unspecified atom stereocenters. The Kier molecular flexibility index (Phi) is 16.5. The summed E-state index contributed by atoms with van der Waals surface area (Å²) in [6.45, 7) is -1.34. The fourth-order valence-electron chi connectivity index (χ4n) is 7.35. The maximum atomic E-state index is 12.6. The second-order valence-electron chi connectivity index (χ2n) is 14.7. The van der Waals surface area contributed by atoms with E-state index < -0.39 is 186 Å². The van der Waals surface area contributed by atoms with Crippen molar-refractivity contribution in [2.24, 2.45) is 0 Å². The number of nitrogens with one attached hydrogen (secondary N) is 1. The lowest BCUT2D eigenvalue weighted by Crippen LogP contribution is -2.70. The van der Waals surface area contributed by atoms with Gasteiger partial charge in [0.1, 0.15) is 116 Å². The molecule has 26 nitrogen and oxygen atoms in total. The summed E-state index contributed by atoms with van der Waals surface area (Å²) in [5.41, 5.74) is 0. The van der Waals surface area contributed by atoms with Crippen LogP contribution >= 0.6 is 0 Å². The third-order valence-corrected chi connectivity index (χ3v) is 10.7. The lowest BCUT2D eigenvalue weighted by molar-refractivity contribution is -0.390. The molecule has 26 heteroatoms. The number of hydrogen-bond donors (Lipinski definition) is 16. The number of carbonyl (C=O) groups excluding carboxylic acids is 1. The Morgan fingerprint density at radius 1 is 0.448 bits per heavy atom. The van der Waals surface area contributed by atoms with Gasteiger partial charge in [0, 0.05) is 6.92 Å². The van der Waals surface area contributed by atoms with Crippen LogP contribution < -0.4 is 5.32 Å². The van der Waals surface area contributed by atoms with Crippen molar-refractivity contribution in [3.63, 3.8) is 0 Å². The van der Waals surface area contributed by atoms with Crippen molar-refractivity contribution in [2.75, 3.05) is 26.4 Å². The zero-order chi connectivity index (χ0) is 42.9. The predicted octanol–water partition coefficient (Wildman–Crippen LogP) is -10.8. The molecule has 5 saturated heterocycles. The average molecular weight is 854 g/mol. The summed E-state index contributed by atoms with van der Waals surface area (Å²) >= 11 is 0. The van der Waals surface area contributed by atoms with Crippen molar-refractivity contribution in [3.05, 3.63) is 0 Å². The Morgan fingerprint density at radius 2 is 0.914 bits per heavy atom. The van der Waals surface area contributed by atoms with Crippen molar-refractivity contribution in [1.29, 1.82) is 0 Å². The summed E-state index contributed by atoms with van der Waals surface area (Å²) < 4.78 is 50.8. The maximum absolute atomic E-state index is 12.6. The lowest BCUT2D eigenvalue weighted by atomic mass is 9.94. The number of rotatable bonds is 13. The van der Waals surface area contributed by atoms with Gasteiger partial charge in [-0.2, -0.15) is 0 Å². The minimum Gasteiger partial charge on any atom is -0.394 e. The summed E-state index contributed by atoms with van der Waals surface area (Å²) in [4.78, 5) is 12.6. The summed E-state index contributed by atoms with van der Waals surface area (Å²) in [6, 6.07) is -1.72. The topological polar surface area (TPSA) is 416 Å². The van der Waals surface area contributed by atoms with Crippen molar-refractivity contribution in [3.8, 4) is 0 Å². The van der Waals surface area contributed by atoms with Crippen LogP contribution in [0.3, 0.4) is 0 Å². The Labute approximate surface area is 329 Å². The smallest absolute Gasteiger partial charge is 0.217 e. The molecule has 25 atom stereocenters. The average Bonchev–Trinajstić information content (AvgIpc) is 3.19. The molecule has 0 bridgehead atoms. The van der Waals surface area contributed by atoms with Gasteiger partial charge in [0.05, 0.1) is 32.5 Å². The third-order valence-electron chi connectivity index (χ3n) is 10.7. The van der Waals surface area contributed by atoms with Crippen molar-refractivity contribution < 1.29 is 124 Å². The monoisotopic (exact) mass is 853 g/mol. The van der Waals surface area contributed by atoms with Crippen LogP contribution in [0, 0.1) is 0 Å². The minimum atomic E-state index is -2.10. The summed E-state index contributed by atoms with van der Waals surface area (Å²) in [7, 11) is 0. The van der Waals surface area contributed by atoms with Crippen LogP contribution in [0.2, 0.25) is 0 Å². The van der Waals surface area contributed by atoms with Gasteiger partial charge in [0.2, 0.25) is 5.91 Å².